The summed E-state index contributed by atoms with van der Waals surface area (Å²) in [5.74, 6) is -0.449. The highest BCUT2D eigenvalue weighted by Gasteiger charge is 2.35. The Morgan fingerprint density at radius 2 is 1.87 bits per heavy atom. The third-order valence-corrected chi connectivity index (χ3v) is 6.47. The molecule has 0 bridgehead atoms. The van der Waals surface area contributed by atoms with Crippen molar-refractivity contribution in [3.63, 3.8) is 0 Å². The maximum atomic E-state index is 14.0. The van der Waals surface area contributed by atoms with E-state index in [0.717, 1.165) is 24.6 Å². The first-order valence-corrected chi connectivity index (χ1v) is 11.5. The van der Waals surface area contributed by atoms with Crippen molar-refractivity contribution in [2.75, 3.05) is 41.4 Å². The monoisotopic (exact) mass is 460 g/mol. The summed E-state index contributed by atoms with van der Waals surface area (Å²) in [5, 5.41) is 0. The number of sulfone groups is 1. The first-order chi connectivity index (χ1) is 14.3. The average molecular weight is 460 g/mol. The van der Waals surface area contributed by atoms with Crippen molar-refractivity contribution in [2.45, 2.75) is 31.0 Å². The van der Waals surface area contributed by atoms with Crippen molar-refractivity contribution in [2.24, 2.45) is 5.92 Å². The highest BCUT2D eigenvalue weighted by molar-refractivity contribution is 7.90. The number of hydrogen-bond acceptors (Lipinski definition) is 6. The summed E-state index contributed by atoms with van der Waals surface area (Å²) in [5.41, 5.74) is 5.50. The highest BCUT2D eigenvalue weighted by Crippen LogP contribution is 2.35. The lowest BCUT2D eigenvalue weighted by Gasteiger charge is -2.45. The molecule has 1 atom stereocenters. The molecule has 1 aromatic carbocycles. The van der Waals surface area contributed by atoms with Gasteiger partial charge in [0.1, 0.15) is 10.7 Å². The van der Waals surface area contributed by atoms with E-state index in [9.17, 15) is 26.0 Å². The van der Waals surface area contributed by atoms with Gasteiger partial charge in [-0.05, 0) is 30.2 Å². The molecule has 2 aromatic rings. The van der Waals surface area contributed by atoms with Crippen LogP contribution >= 0.6 is 0 Å². The van der Waals surface area contributed by atoms with Crippen molar-refractivity contribution in [3.8, 4) is 0 Å². The molecule has 1 aromatic heterocycles. The second-order valence-corrected chi connectivity index (χ2v) is 9.96. The Bertz CT molecular complexity index is 1070. The van der Waals surface area contributed by atoms with Crippen LogP contribution < -0.4 is 15.5 Å². The largest absolute Gasteiger partial charge is 0.417 e. The summed E-state index contributed by atoms with van der Waals surface area (Å²) in [6, 6.07) is 4.67. The Labute approximate surface area is 178 Å². The minimum atomic E-state index is -4.53. The molecule has 1 saturated heterocycles. The molecule has 2 heterocycles. The van der Waals surface area contributed by atoms with Crippen LogP contribution in [0.2, 0.25) is 0 Å². The van der Waals surface area contributed by atoms with Crippen LogP contribution in [0.3, 0.4) is 0 Å². The summed E-state index contributed by atoms with van der Waals surface area (Å²) in [7, 11) is -3.73. The zero-order valence-electron chi connectivity index (χ0n) is 17.3. The van der Waals surface area contributed by atoms with Crippen LogP contribution in [0, 0.1) is 11.7 Å². The van der Waals surface area contributed by atoms with Gasteiger partial charge >= 0.3 is 6.18 Å². The first kappa shape index (κ1) is 23.1. The van der Waals surface area contributed by atoms with E-state index in [1.54, 1.807) is 0 Å². The fourth-order valence-electron chi connectivity index (χ4n) is 3.72. The van der Waals surface area contributed by atoms with Gasteiger partial charge in [0.2, 0.25) is 0 Å². The summed E-state index contributed by atoms with van der Waals surface area (Å²) in [6.07, 6.45) is -2.81. The van der Waals surface area contributed by atoms with Crippen LogP contribution in [-0.4, -0.2) is 45.3 Å². The quantitative estimate of drug-likeness (QED) is 0.703. The van der Waals surface area contributed by atoms with E-state index in [4.69, 9.17) is 5.73 Å². The molecule has 0 saturated carbocycles. The molecule has 0 amide bonds. The van der Waals surface area contributed by atoms with Gasteiger partial charge in [-0.2, -0.15) is 13.2 Å². The highest BCUT2D eigenvalue weighted by atomic mass is 32.2. The smallest absolute Gasteiger partial charge is 0.396 e. The molecule has 0 radical (unpaired) electrons. The predicted molar refractivity (Wildman–Crippen MR) is 111 cm³/mol. The van der Waals surface area contributed by atoms with Crippen molar-refractivity contribution in [1.29, 1.82) is 0 Å². The maximum absolute atomic E-state index is 14.0. The number of nitrogens with zero attached hydrogens (tertiary/aromatic N) is 3. The lowest BCUT2D eigenvalue weighted by molar-refractivity contribution is -0.137. The number of nitrogens with two attached hydrogens (primary N) is 1. The molecule has 6 nitrogen and oxygen atoms in total. The molecule has 1 unspecified atom stereocenters. The number of aromatic nitrogens is 1. The van der Waals surface area contributed by atoms with E-state index in [1.165, 1.54) is 12.1 Å². The minimum absolute atomic E-state index is 0.0601. The third-order valence-electron chi connectivity index (χ3n) is 5.36. The molecule has 170 valence electrons. The van der Waals surface area contributed by atoms with Gasteiger partial charge in [0, 0.05) is 37.8 Å². The van der Waals surface area contributed by atoms with Crippen LogP contribution in [0.4, 0.5) is 34.8 Å². The Morgan fingerprint density at radius 1 is 1.19 bits per heavy atom. The lowest BCUT2D eigenvalue weighted by Crippen LogP contribution is -2.56. The number of anilines is 3. The molecule has 0 aliphatic carbocycles. The first-order valence-electron chi connectivity index (χ1n) is 9.63. The van der Waals surface area contributed by atoms with Crippen molar-refractivity contribution in [3.05, 3.63) is 41.8 Å². The van der Waals surface area contributed by atoms with Crippen molar-refractivity contribution in [1.82, 2.24) is 4.98 Å². The summed E-state index contributed by atoms with van der Waals surface area (Å²) in [6.45, 7) is 5.20. The van der Waals surface area contributed by atoms with E-state index in [-0.39, 0.29) is 28.4 Å². The number of benzene rings is 1. The van der Waals surface area contributed by atoms with Crippen LogP contribution in [0.5, 0.6) is 0 Å². The third kappa shape index (κ3) is 4.86. The van der Waals surface area contributed by atoms with Gasteiger partial charge in [0.25, 0.3) is 0 Å². The van der Waals surface area contributed by atoms with Crippen molar-refractivity contribution >= 4 is 27.0 Å². The second-order valence-electron chi connectivity index (χ2n) is 7.97. The SMILES string of the molecule is CC(C)C1CN(c2ccc(F)c(S(C)(=O)=O)c2)CCN1c1ncc(C(F)(F)F)cc1N. The van der Waals surface area contributed by atoms with Crippen LogP contribution in [0.25, 0.3) is 0 Å². The van der Waals surface area contributed by atoms with Crippen molar-refractivity contribution < 1.29 is 26.0 Å². The molecule has 11 heteroatoms. The summed E-state index contributed by atoms with van der Waals surface area (Å²) in [4.78, 5) is 7.42. The molecule has 3 rings (SSSR count). The second kappa shape index (κ2) is 8.18. The number of halogens is 4. The number of hydrogen-bond donors (Lipinski definition) is 1. The zero-order chi connectivity index (χ0) is 23.1. The molecule has 0 spiro atoms. The fraction of sp³-hybridized carbons (Fsp3) is 0.450. The zero-order valence-corrected chi connectivity index (χ0v) is 18.1. The fourth-order valence-corrected chi connectivity index (χ4v) is 4.48. The van der Waals surface area contributed by atoms with Gasteiger partial charge in [-0.15, -0.1) is 0 Å². The van der Waals surface area contributed by atoms with Gasteiger partial charge in [0.15, 0.2) is 15.7 Å². The Balaban J connectivity index is 1.91. The van der Waals surface area contributed by atoms with Crippen LogP contribution in [0.1, 0.15) is 19.4 Å². The summed E-state index contributed by atoms with van der Waals surface area (Å²) >= 11 is 0. The van der Waals surface area contributed by atoms with Gasteiger partial charge in [-0.3, -0.25) is 0 Å². The molecular weight excluding hydrogens is 436 g/mol. The molecule has 1 aliphatic rings. The Morgan fingerprint density at radius 3 is 2.42 bits per heavy atom. The van der Waals surface area contributed by atoms with E-state index in [1.807, 2.05) is 23.6 Å². The van der Waals surface area contributed by atoms with Gasteiger partial charge in [0.05, 0.1) is 17.3 Å². The van der Waals surface area contributed by atoms with E-state index >= 15 is 0 Å². The topological polar surface area (TPSA) is 79.5 Å². The van der Waals surface area contributed by atoms with Crippen LogP contribution in [0.15, 0.2) is 35.4 Å². The average Bonchev–Trinajstić information content (AvgIpc) is 2.66. The number of pyridine rings is 1. The Kier molecular flexibility index (Phi) is 6.09. The number of nitrogen functional groups attached to an aromatic ring is 1. The standard InChI is InChI=1S/C20H24F4N4O2S/c1-12(2)17-11-27(14-4-5-15(21)18(9-14)31(3,29)30)6-7-28(17)19-16(25)8-13(10-26-19)20(22,23)24/h4-5,8-10,12,17H,6-7,11,25H2,1-3H3. The number of alkyl halides is 3. The van der Waals surface area contributed by atoms with E-state index in [0.29, 0.717) is 25.3 Å². The van der Waals surface area contributed by atoms with E-state index < -0.39 is 27.4 Å². The molecule has 1 aliphatic heterocycles. The molecule has 1 fully saturated rings. The summed E-state index contributed by atoms with van der Waals surface area (Å²) < 4.78 is 76.5. The van der Waals surface area contributed by atoms with Gasteiger partial charge in [-0.1, -0.05) is 13.8 Å². The van der Waals surface area contributed by atoms with Gasteiger partial charge < -0.3 is 15.5 Å². The lowest BCUT2D eigenvalue weighted by atomic mass is 9.98. The van der Waals surface area contributed by atoms with E-state index in [2.05, 4.69) is 4.98 Å². The van der Waals surface area contributed by atoms with Gasteiger partial charge in [-0.25, -0.2) is 17.8 Å². The molecule has 2 N–H and O–H groups in total. The predicted octanol–water partition coefficient (Wildman–Crippen LogP) is 3.58. The molecular formula is C20H24F4N4O2S. The minimum Gasteiger partial charge on any atom is -0.396 e. The number of rotatable bonds is 4. The normalized spacial score (nSPS) is 18.0. The maximum Gasteiger partial charge on any atom is 0.417 e. The van der Waals surface area contributed by atoms with Crippen LogP contribution in [-0.2, 0) is 16.0 Å². The Hall–Kier alpha value is -2.56. The number of piperazine rings is 1. The molecule has 31 heavy (non-hydrogen) atoms.